The van der Waals surface area contributed by atoms with Crippen LogP contribution in [0.1, 0.15) is 0 Å². The molecular weight excluding hydrogens is 314 g/mol. The van der Waals surface area contributed by atoms with Gasteiger partial charge in [0, 0.05) is 5.38 Å². The Kier molecular flexibility index (Phi) is 2.93. The van der Waals surface area contributed by atoms with E-state index in [0.29, 0.717) is 10.9 Å². The minimum atomic E-state index is 0.111. The van der Waals surface area contributed by atoms with Gasteiger partial charge in [-0.3, -0.25) is 0 Å². The number of phenolic OH excluding ortho intramolecular Hbond substituents is 1. The van der Waals surface area contributed by atoms with Crippen LogP contribution < -0.4 is 4.74 Å². The molecule has 1 heterocycles. The molecule has 0 saturated carbocycles. The van der Waals surface area contributed by atoms with Gasteiger partial charge in [-0.25, -0.2) is 0 Å². The highest BCUT2D eigenvalue weighted by Gasteiger charge is 2.08. The monoisotopic (exact) mass is 321 g/mol. The second-order valence-corrected chi connectivity index (χ2v) is 5.34. The first kappa shape index (κ1) is 11.5. The fourth-order valence-electron chi connectivity index (χ4n) is 1.67. The fourth-order valence-corrected chi connectivity index (χ4v) is 2.77. The second-order valence-electron chi connectivity index (χ2n) is 3.71. The third kappa shape index (κ3) is 2.19. The topological polar surface area (TPSA) is 42.4 Å². The van der Waals surface area contributed by atoms with Crippen molar-refractivity contribution in [2.45, 2.75) is 0 Å². The van der Waals surface area contributed by atoms with Crippen LogP contribution in [0.25, 0.3) is 10.8 Å². The number of aromatic hydroxyl groups is 1. The number of hydrogen-bond donors (Lipinski definition) is 1. The maximum atomic E-state index is 9.92. The molecule has 0 bridgehead atoms. The number of ether oxygens (including phenoxy) is 1. The first-order valence-corrected chi connectivity index (χ1v) is 6.90. The molecule has 3 aromatic rings. The molecule has 0 atom stereocenters. The summed E-state index contributed by atoms with van der Waals surface area (Å²) in [6.07, 6.45) is 0. The average molecular weight is 322 g/mol. The van der Waals surface area contributed by atoms with Crippen molar-refractivity contribution in [3.8, 4) is 16.7 Å². The second kappa shape index (κ2) is 4.59. The highest BCUT2D eigenvalue weighted by atomic mass is 79.9. The number of hydrogen-bond acceptors (Lipinski definition) is 4. The molecule has 1 aromatic heterocycles. The Bertz CT molecular complexity index is 711. The van der Waals surface area contributed by atoms with E-state index >= 15 is 0 Å². The normalized spacial score (nSPS) is 10.7. The van der Waals surface area contributed by atoms with Gasteiger partial charge in [0.1, 0.15) is 4.60 Å². The van der Waals surface area contributed by atoms with Crippen LogP contribution in [-0.4, -0.2) is 10.1 Å². The summed E-state index contributed by atoms with van der Waals surface area (Å²) >= 11 is 4.63. The van der Waals surface area contributed by atoms with Crippen molar-refractivity contribution >= 4 is 38.0 Å². The van der Waals surface area contributed by atoms with E-state index in [0.717, 1.165) is 15.4 Å². The van der Waals surface area contributed by atoms with E-state index in [9.17, 15) is 5.11 Å². The molecule has 0 aliphatic heterocycles. The predicted octanol–water partition coefficient (Wildman–Crippen LogP) is 4.56. The molecule has 2 aromatic carbocycles. The van der Waals surface area contributed by atoms with E-state index < -0.39 is 0 Å². The van der Waals surface area contributed by atoms with E-state index in [4.69, 9.17) is 4.74 Å². The summed E-state index contributed by atoms with van der Waals surface area (Å²) in [6.45, 7) is 0. The van der Waals surface area contributed by atoms with Crippen molar-refractivity contribution in [2.24, 2.45) is 0 Å². The summed E-state index contributed by atoms with van der Waals surface area (Å²) < 4.78 is 6.29. The summed E-state index contributed by atoms with van der Waals surface area (Å²) in [5, 5.41) is 14.2. The van der Waals surface area contributed by atoms with Gasteiger partial charge in [0.05, 0.1) is 0 Å². The molecule has 0 aliphatic carbocycles. The Hall–Kier alpha value is -1.59. The minimum absolute atomic E-state index is 0.111. The standard InChI is InChI=1S/C13H8BrNO2S/c14-12-7-18-13(15-12)17-11-6-9-4-2-1-3-8(9)5-10(11)16/h1-7,16H. The van der Waals surface area contributed by atoms with Gasteiger partial charge in [-0.15, -0.1) is 0 Å². The number of fused-ring (bicyclic) bond motifs is 1. The molecule has 0 amide bonds. The van der Waals surface area contributed by atoms with Crippen molar-refractivity contribution < 1.29 is 9.84 Å². The van der Waals surface area contributed by atoms with Crippen LogP contribution in [0.15, 0.2) is 46.4 Å². The molecule has 5 heteroatoms. The summed E-state index contributed by atoms with van der Waals surface area (Å²) in [7, 11) is 0. The van der Waals surface area contributed by atoms with Crippen molar-refractivity contribution in [1.82, 2.24) is 4.98 Å². The first-order valence-electron chi connectivity index (χ1n) is 5.23. The van der Waals surface area contributed by atoms with Gasteiger partial charge in [-0.1, -0.05) is 35.6 Å². The van der Waals surface area contributed by atoms with Crippen molar-refractivity contribution in [2.75, 3.05) is 0 Å². The van der Waals surface area contributed by atoms with Crippen LogP contribution in [0.2, 0.25) is 0 Å². The van der Waals surface area contributed by atoms with Crippen LogP contribution in [-0.2, 0) is 0 Å². The van der Waals surface area contributed by atoms with E-state index in [1.165, 1.54) is 11.3 Å². The highest BCUT2D eigenvalue weighted by Crippen LogP contribution is 2.36. The summed E-state index contributed by atoms with van der Waals surface area (Å²) in [5.74, 6) is 0.524. The van der Waals surface area contributed by atoms with Crippen molar-refractivity contribution in [3.05, 3.63) is 46.4 Å². The lowest BCUT2D eigenvalue weighted by Gasteiger charge is -2.06. The summed E-state index contributed by atoms with van der Waals surface area (Å²) in [5.41, 5.74) is 0. The van der Waals surface area contributed by atoms with Gasteiger partial charge in [0.15, 0.2) is 11.5 Å². The highest BCUT2D eigenvalue weighted by molar-refractivity contribution is 9.10. The number of nitrogens with zero attached hydrogens (tertiary/aromatic N) is 1. The van der Waals surface area contributed by atoms with Gasteiger partial charge in [0.25, 0.3) is 5.19 Å². The molecule has 1 N–H and O–H groups in total. The minimum Gasteiger partial charge on any atom is -0.504 e. The lowest BCUT2D eigenvalue weighted by atomic mass is 10.1. The van der Waals surface area contributed by atoms with Gasteiger partial charge in [-0.2, -0.15) is 4.98 Å². The van der Waals surface area contributed by atoms with Gasteiger partial charge >= 0.3 is 0 Å². The number of rotatable bonds is 2. The van der Waals surface area contributed by atoms with E-state index in [1.807, 2.05) is 29.6 Å². The molecule has 0 unspecified atom stereocenters. The first-order chi connectivity index (χ1) is 8.72. The van der Waals surface area contributed by atoms with E-state index in [-0.39, 0.29) is 5.75 Å². The molecule has 0 spiro atoms. The van der Waals surface area contributed by atoms with Crippen LogP contribution in [0.4, 0.5) is 0 Å². The van der Waals surface area contributed by atoms with Gasteiger partial charge in [-0.05, 0) is 38.8 Å². The molecular formula is C13H8BrNO2S. The Morgan fingerprint density at radius 2 is 1.89 bits per heavy atom. The zero-order valence-electron chi connectivity index (χ0n) is 9.13. The summed E-state index contributed by atoms with van der Waals surface area (Å²) in [4.78, 5) is 4.13. The van der Waals surface area contributed by atoms with Crippen LogP contribution >= 0.6 is 27.3 Å². The maximum absolute atomic E-state index is 9.92. The Labute approximate surface area is 116 Å². The van der Waals surface area contributed by atoms with Crippen molar-refractivity contribution in [1.29, 1.82) is 0 Å². The smallest absolute Gasteiger partial charge is 0.279 e. The molecule has 90 valence electrons. The lowest BCUT2D eigenvalue weighted by Crippen LogP contribution is -1.84. The molecule has 3 nitrogen and oxygen atoms in total. The summed E-state index contributed by atoms with van der Waals surface area (Å²) in [6, 6.07) is 11.3. The zero-order valence-corrected chi connectivity index (χ0v) is 11.5. The lowest BCUT2D eigenvalue weighted by molar-refractivity contribution is 0.410. The predicted molar refractivity (Wildman–Crippen MR) is 75.5 cm³/mol. The third-order valence-corrected chi connectivity index (χ3v) is 3.91. The fraction of sp³-hybridized carbons (Fsp3) is 0. The molecule has 0 aliphatic rings. The van der Waals surface area contributed by atoms with Crippen molar-refractivity contribution in [3.63, 3.8) is 0 Å². The molecule has 3 rings (SSSR count). The Balaban J connectivity index is 2.03. The molecule has 0 fully saturated rings. The Morgan fingerprint density at radius 1 is 1.17 bits per heavy atom. The van der Waals surface area contributed by atoms with Gasteiger partial charge < -0.3 is 9.84 Å². The number of thiazole rings is 1. The van der Waals surface area contributed by atoms with Crippen LogP contribution in [0.3, 0.4) is 0 Å². The van der Waals surface area contributed by atoms with E-state index in [1.54, 1.807) is 12.1 Å². The molecule has 0 saturated heterocycles. The SMILES string of the molecule is Oc1cc2ccccc2cc1Oc1nc(Br)cs1. The number of halogens is 1. The number of phenols is 1. The zero-order chi connectivity index (χ0) is 12.5. The number of aromatic nitrogens is 1. The average Bonchev–Trinajstić information content (AvgIpc) is 2.76. The largest absolute Gasteiger partial charge is 0.504 e. The molecule has 18 heavy (non-hydrogen) atoms. The maximum Gasteiger partial charge on any atom is 0.279 e. The van der Waals surface area contributed by atoms with E-state index in [2.05, 4.69) is 20.9 Å². The quantitative estimate of drug-likeness (QED) is 0.752. The van der Waals surface area contributed by atoms with Gasteiger partial charge in [0.2, 0.25) is 0 Å². The third-order valence-electron chi connectivity index (χ3n) is 2.48. The van der Waals surface area contributed by atoms with Crippen LogP contribution in [0.5, 0.6) is 16.7 Å². The Morgan fingerprint density at radius 3 is 2.56 bits per heavy atom. The number of benzene rings is 2. The molecule has 0 radical (unpaired) electrons. The van der Waals surface area contributed by atoms with Crippen LogP contribution in [0, 0.1) is 0 Å².